The molecular formula is C26H23ClN4O. The smallest absolute Gasteiger partial charge is 0.275 e. The number of nitrogens with one attached hydrogen (secondary N) is 1. The lowest BCUT2D eigenvalue weighted by Crippen LogP contribution is -2.12. The number of H-pyrrole nitrogens is 1. The molecule has 0 fully saturated rings. The minimum Gasteiger partial charge on any atom is -0.340 e. The number of aromatic nitrogens is 3. The Kier molecular flexibility index (Phi) is 5.29. The van der Waals surface area contributed by atoms with E-state index in [0.29, 0.717) is 17.3 Å². The van der Waals surface area contributed by atoms with Crippen molar-refractivity contribution in [2.75, 3.05) is 6.54 Å². The van der Waals surface area contributed by atoms with Gasteiger partial charge in [0.25, 0.3) is 5.56 Å². The van der Waals surface area contributed by atoms with Crippen molar-refractivity contribution in [1.29, 1.82) is 0 Å². The molecule has 5 nitrogen and oxygen atoms in total. The number of nitrogens with two attached hydrogens (primary N) is 1. The van der Waals surface area contributed by atoms with Gasteiger partial charge >= 0.3 is 0 Å². The van der Waals surface area contributed by atoms with Crippen LogP contribution in [0, 0.1) is 6.92 Å². The molecule has 5 aromatic rings. The van der Waals surface area contributed by atoms with Crippen molar-refractivity contribution in [1.82, 2.24) is 14.5 Å². The van der Waals surface area contributed by atoms with Crippen molar-refractivity contribution in [2.45, 2.75) is 19.9 Å². The summed E-state index contributed by atoms with van der Waals surface area (Å²) in [5.74, 6) is 0. The minimum atomic E-state index is -0.210. The molecule has 0 atom stereocenters. The van der Waals surface area contributed by atoms with E-state index in [1.54, 1.807) is 0 Å². The number of halogens is 1. The topological polar surface area (TPSA) is 76.7 Å². The number of hydrogen-bond acceptors (Lipinski definition) is 3. The molecule has 0 aliphatic carbocycles. The fourth-order valence-corrected chi connectivity index (χ4v) is 4.42. The van der Waals surface area contributed by atoms with Crippen LogP contribution in [0.15, 0.2) is 71.5 Å². The third kappa shape index (κ3) is 3.49. The zero-order valence-corrected chi connectivity index (χ0v) is 18.5. The summed E-state index contributed by atoms with van der Waals surface area (Å²) in [6.45, 7) is 3.33. The molecule has 0 amide bonds. The summed E-state index contributed by atoms with van der Waals surface area (Å²) in [7, 11) is 0. The van der Waals surface area contributed by atoms with Gasteiger partial charge < -0.3 is 15.3 Å². The van der Waals surface area contributed by atoms with Crippen LogP contribution < -0.4 is 11.3 Å². The number of hydrogen-bond donors (Lipinski definition) is 2. The van der Waals surface area contributed by atoms with Crippen LogP contribution in [0.3, 0.4) is 0 Å². The average Bonchev–Trinajstić information content (AvgIpc) is 3.12. The Bertz CT molecular complexity index is 1500. The van der Waals surface area contributed by atoms with Crippen LogP contribution in [-0.2, 0) is 6.54 Å². The maximum atomic E-state index is 13.3. The SMILES string of the molecule is Cc1ccc2[nH]c(=O)c(-c3c(-c4ccc(Cl)cc4)n(CCCN)c4ccccc34)nc2c1. The van der Waals surface area contributed by atoms with E-state index in [0.717, 1.165) is 57.3 Å². The van der Waals surface area contributed by atoms with Gasteiger partial charge in [-0.2, -0.15) is 0 Å². The van der Waals surface area contributed by atoms with Crippen molar-refractivity contribution < 1.29 is 0 Å². The van der Waals surface area contributed by atoms with E-state index in [1.807, 2.05) is 67.6 Å². The van der Waals surface area contributed by atoms with Gasteiger partial charge in [-0.3, -0.25) is 4.79 Å². The second-order valence-electron chi connectivity index (χ2n) is 7.98. The lowest BCUT2D eigenvalue weighted by atomic mass is 10.0. The largest absolute Gasteiger partial charge is 0.340 e. The Morgan fingerprint density at radius 3 is 2.62 bits per heavy atom. The normalized spacial score (nSPS) is 11.5. The van der Waals surface area contributed by atoms with E-state index in [-0.39, 0.29) is 5.56 Å². The van der Waals surface area contributed by atoms with Gasteiger partial charge in [-0.25, -0.2) is 4.98 Å². The third-order valence-electron chi connectivity index (χ3n) is 5.76. The summed E-state index contributed by atoms with van der Waals surface area (Å²) in [6.07, 6.45) is 0.819. The number of nitrogens with zero attached hydrogens (tertiary/aromatic N) is 2. The number of benzene rings is 3. The second kappa shape index (κ2) is 8.26. The summed E-state index contributed by atoms with van der Waals surface area (Å²) in [6, 6.07) is 21.7. The average molecular weight is 443 g/mol. The van der Waals surface area contributed by atoms with Gasteiger partial charge in [-0.1, -0.05) is 48.0 Å². The van der Waals surface area contributed by atoms with Gasteiger partial charge in [0.2, 0.25) is 0 Å². The van der Waals surface area contributed by atoms with Crippen molar-refractivity contribution in [2.24, 2.45) is 5.73 Å². The van der Waals surface area contributed by atoms with Gasteiger partial charge in [-0.05, 0) is 61.3 Å². The van der Waals surface area contributed by atoms with E-state index < -0.39 is 0 Å². The zero-order valence-electron chi connectivity index (χ0n) is 17.7. The Morgan fingerprint density at radius 2 is 1.84 bits per heavy atom. The summed E-state index contributed by atoms with van der Waals surface area (Å²) in [4.78, 5) is 21.1. The highest BCUT2D eigenvalue weighted by atomic mass is 35.5. The van der Waals surface area contributed by atoms with Crippen LogP contribution in [0.2, 0.25) is 5.02 Å². The molecule has 0 saturated carbocycles. The standard InChI is InChI=1S/C26H23ClN4O/c1-16-7-12-20-21(15-16)29-24(26(32)30-20)23-19-5-2-3-6-22(19)31(14-4-13-28)25(23)17-8-10-18(27)11-9-17/h2-3,5-12,15H,4,13-14,28H2,1H3,(H,30,32). The van der Waals surface area contributed by atoms with Crippen molar-refractivity contribution in [3.63, 3.8) is 0 Å². The molecule has 5 rings (SSSR count). The number of fused-ring (bicyclic) bond motifs is 2. The molecule has 0 radical (unpaired) electrons. The molecule has 0 saturated heterocycles. The van der Waals surface area contributed by atoms with E-state index in [4.69, 9.17) is 22.3 Å². The van der Waals surface area contributed by atoms with Crippen LogP contribution in [0.1, 0.15) is 12.0 Å². The summed E-state index contributed by atoms with van der Waals surface area (Å²) in [5, 5.41) is 1.65. The monoisotopic (exact) mass is 442 g/mol. The van der Waals surface area contributed by atoms with E-state index >= 15 is 0 Å². The summed E-state index contributed by atoms with van der Waals surface area (Å²) in [5.41, 5.74) is 12.4. The molecule has 3 N–H and O–H groups in total. The molecule has 2 heterocycles. The van der Waals surface area contributed by atoms with E-state index in [1.165, 1.54) is 0 Å². The van der Waals surface area contributed by atoms with E-state index in [2.05, 4.69) is 15.6 Å². The van der Waals surface area contributed by atoms with Gasteiger partial charge in [0.15, 0.2) is 0 Å². The molecule has 0 spiro atoms. The van der Waals surface area contributed by atoms with Crippen LogP contribution in [0.25, 0.3) is 44.5 Å². The Hall–Kier alpha value is -3.41. The highest BCUT2D eigenvalue weighted by Gasteiger charge is 2.23. The summed E-state index contributed by atoms with van der Waals surface area (Å²) < 4.78 is 2.24. The van der Waals surface area contributed by atoms with Gasteiger partial charge in [0.1, 0.15) is 5.69 Å². The fraction of sp³-hybridized carbons (Fsp3) is 0.154. The Balaban J connectivity index is 1.89. The van der Waals surface area contributed by atoms with Crippen LogP contribution in [0.5, 0.6) is 0 Å². The maximum Gasteiger partial charge on any atom is 0.275 e. The van der Waals surface area contributed by atoms with Crippen LogP contribution in [0.4, 0.5) is 0 Å². The molecule has 32 heavy (non-hydrogen) atoms. The van der Waals surface area contributed by atoms with Crippen molar-refractivity contribution in [3.8, 4) is 22.5 Å². The third-order valence-corrected chi connectivity index (χ3v) is 6.01. The minimum absolute atomic E-state index is 0.210. The first-order chi connectivity index (χ1) is 15.6. The lowest BCUT2D eigenvalue weighted by molar-refractivity contribution is 0.676. The molecule has 0 bridgehead atoms. The first-order valence-corrected chi connectivity index (χ1v) is 11.0. The molecule has 0 unspecified atom stereocenters. The van der Waals surface area contributed by atoms with Crippen LogP contribution >= 0.6 is 11.6 Å². The second-order valence-corrected chi connectivity index (χ2v) is 8.41. The first kappa shape index (κ1) is 20.5. The van der Waals surface area contributed by atoms with Crippen molar-refractivity contribution >= 4 is 33.5 Å². The fourth-order valence-electron chi connectivity index (χ4n) is 4.29. The van der Waals surface area contributed by atoms with Crippen molar-refractivity contribution in [3.05, 3.63) is 87.7 Å². The Labute approximate surface area is 190 Å². The number of aryl methyl sites for hydroxylation is 2. The predicted octanol–water partition coefficient (Wildman–Crippen LogP) is 5.52. The Morgan fingerprint density at radius 1 is 1.06 bits per heavy atom. The molecule has 2 aromatic heterocycles. The molecular weight excluding hydrogens is 420 g/mol. The first-order valence-electron chi connectivity index (χ1n) is 10.6. The van der Waals surface area contributed by atoms with Crippen LogP contribution in [-0.4, -0.2) is 21.1 Å². The molecule has 0 aliphatic heterocycles. The van der Waals surface area contributed by atoms with Gasteiger partial charge in [0, 0.05) is 28.0 Å². The predicted molar refractivity (Wildman–Crippen MR) is 132 cm³/mol. The number of aromatic amines is 1. The maximum absolute atomic E-state index is 13.3. The molecule has 6 heteroatoms. The summed E-state index contributed by atoms with van der Waals surface area (Å²) >= 11 is 6.17. The zero-order chi connectivity index (χ0) is 22.2. The lowest BCUT2D eigenvalue weighted by Gasteiger charge is -2.13. The number of rotatable bonds is 5. The van der Waals surface area contributed by atoms with E-state index in [9.17, 15) is 4.79 Å². The molecule has 160 valence electrons. The molecule has 0 aliphatic rings. The highest BCUT2D eigenvalue weighted by Crippen LogP contribution is 2.40. The number of para-hydroxylation sites is 1. The highest BCUT2D eigenvalue weighted by molar-refractivity contribution is 6.30. The van der Waals surface area contributed by atoms with Gasteiger partial charge in [0.05, 0.1) is 16.7 Å². The molecule has 3 aromatic carbocycles. The van der Waals surface area contributed by atoms with Gasteiger partial charge in [-0.15, -0.1) is 0 Å². The quantitative estimate of drug-likeness (QED) is 0.376.